The summed E-state index contributed by atoms with van der Waals surface area (Å²) >= 11 is 0. The van der Waals surface area contributed by atoms with Crippen LogP contribution in [0.5, 0.6) is 0 Å². The highest BCUT2D eigenvalue weighted by molar-refractivity contribution is 5.68. The van der Waals surface area contributed by atoms with Gasteiger partial charge < -0.3 is 20.3 Å². The van der Waals surface area contributed by atoms with Crippen LogP contribution in [0.3, 0.4) is 0 Å². The fraction of sp³-hybridized carbons (Fsp3) is 0.438. The van der Waals surface area contributed by atoms with Gasteiger partial charge in [0.25, 0.3) is 0 Å². The number of alkyl carbamates (subject to hydrolysis) is 1. The van der Waals surface area contributed by atoms with Gasteiger partial charge in [-0.2, -0.15) is 0 Å². The molecule has 5 nitrogen and oxygen atoms in total. The Balaban J connectivity index is 2.59. The summed E-state index contributed by atoms with van der Waals surface area (Å²) in [4.78, 5) is 11.6. The van der Waals surface area contributed by atoms with Crippen molar-refractivity contribution in [3.63, 3.8) is 0 Å². The van der Waals surface area contributed by atoms with Crippen LogP contribution in [0.25, 0.3) is 6.08 Å². The number of carbonyl (C=O) groups is 1. The molecule has 0 radical (unpaired) electrons. The van der Waals surface area contributed by atoms with Gasteiger partial charge in [-0.05, 0) is 26.3 Å². The van der Waals surface area contributed by atoms with E-state index in [1.807, 2.05) is 30.3 Å². The number of aliphatic hydroxyl groups is 2. The third kappa shape index (κ3) is 6.92. The van der Waals surface area contributed by atoms with Crippen LogP contribution < -0.4 is 5.32 Å². The van der Waals surface area contributed by atoms with Crippen molar-refractivity contribution < 1.29 is 19.7 Å². The Labute approximate surface area is 125 Å². The first-order chi connectivity index (χ1) is 9.81. The van der Waals surface area contributed by atoms with Gasteiger partial charge in [-0.1, -0.05) is 42.5 Å². The zero-order valence-corrected chi connectivity index (χ0v) is 12.6. The van der Waals surface area contributed by atoms with Crippen LogP contribution in [0.1, 0.15) is 26.3 Å². The van der Waals surface area contributed by atoms with Crippen molar-refractivity contribution >= 4 is 12.2 Å². The number of hydrogen-bond acceptors (Lipinski definition) is 4. The number of rotatable bonds is 5. The second-order valence-corrected chi connectivity index (χ2v) is 5.70. The molecule has 5 heteroatoms. The van der Waals surface area contributed by atoms with Gasteiger partial charge in [-0.25, -0.2) is 4.79 Å². The molecule has 1 aromatic rings. The fourth-order valence-corrected chi connectivity index (χ4v) is 1.61. The molecule has 0 bridgehead atoms. The average molecular weight is 293 g/mol. The first-order valence-electron chi connectivity index (χ1n) is 6.83. The summed E-state index contributed by atoms with van der Waals surface area (Å²) in [5, 5.41) is 21.7. The minimum atomic E-state index is -1.01. The fourth-order valence-electron chi connectivity index (χ4n) is 1.61. The molecule has 0 aromatic heterocycles. The molecule has 116 valence electrons. The van der Waals surface area contributed by atoms with E-state index in [-0.39, 0.29) is 6.61 Å². The van der Waals surface area contributed by atoms with E-state index in [1.165, 1.54) is 6.08 Å². The number of nitrogens with one attached hydrogen (secondary N) is 1. The molecule has 1 amide bonds. The van der Waals surface area contributed by atoms with Crippen molar-refractivity contribution in [3.8, 4) is 0 Å². The second-order valence-electron chi connectivity index (χ2n) is 5.70. The molecule has 0 aliphatic heterocycles. The molecule has 0 fully saturated rings. The SMILES string of the molecule is CC(C)(C)OC(=O)N[C@@H](CO)[C@@H](O)/C=C/c1ccccc1. The summed E-state index contributed by atoms with van der Waals surface area (Å²) < 4.78 is 5.09. The monoisotopic (exact) mass is 293 g/mol. The molecule has 0 heterocycles. The third-order valence-corrected chi connectivity index (χ3v) is 2.60. The number of benzene rings is 1. The third-order valence-electron chi connectivity index (χ3n) is 2.60. The Kier molecular flexibility index (Phi) is 6.39. The van der Waals surface area contributed by atoms with Crippen molar-refractivity contribution in [2.24, 2.45) is 0 Å². The topological polar surface area (TPSA) is 78.8 Å². The summed E-state index contributed by atoms with van der Waals surface area (Å²) in [5.41, 5.74) is 0.292. The van der Waals surface area contributed by atoms with Gasteiger partial charge >= 0.3 is 6.09 Å². The van der Waals surface area contributed by atoms with Crippen LogP contribution >= 0.6 is 0 Å². The van der Waals surface area contributed by atoms with E-state index in [0.29, 0.717) is 0 Å². The van der Waals surface area contributed by atoms with Crippen molar-refractivity contribution in [1.82, 2.24) is 5.32 Å². The average Bonchev–Trinajstić information content (AvgIpc) is 2.41. The van der Waals surface area contributed by atoms with Gasteiger partial charge in [0.15, 0.2) is 0 Å². The van der Waals surface area contributed by atoms with Gasteiger partial charge in [0.2, 0.25) is 0 Å². The number of carbonyl (C=O) groups excluding carboxylic acids is 1. The van der Waals surface area contributed by atoms with Crippen LogP contribution in [-0.4, -0.2) is 40.7 Å². The Hall–Kier alpha value is -1.85. The van der Waals surface area contributed by atoms with E-state index in [1.54, 1.807) is 26.8 Å². The molecule has 1 rings (SSSR count). The van der Waals surface area contributed by atoms with E-state index in [4.69, 9.17) is 4.74 Å². The molecular formula is C16H23NO4. The Bertz CT molecular complexity index is 465. The zero-order chi connectivity index (χ0) is 15.9. The molecule has 2 atom stereocenters. The molecule has 0 aliphatic rings. The van der Waals surface area contributed by atoms with E-state index < -0.39 is 23.8 Å². The van der Waals surface area contributed by atoms with Crippen molar-refractivity contribution in [2.75, 3.05) is 6.61 Å². The van der Waals surface area contributed by atoms with Crippen LogP contribution in [0, 0.1) is 0 Å². The summed E-state index contributed by atoms with van der Waals surface area (Å²) in [7, 11) is 0. The van der Waals surface area contributed by atoms with Crippen LogP contribution in [-0.2, 0) is 4.74 Å². The molecule has 0 spiro atoms. The highest BCUT2D eigenvalue weighted by Gasteiger charge is 2.22. The predicted molar refractivity (Wildman–Crippen MR) is 81.7 cm³/mol. The lowest BCUT2D eigenvalue weighted by Crippen LogP contribution is -2.46. The summed E-state index contributed by atoms with van der Waals surface area (Å²) in [5.74, 6) is 0. The van der Waals surface area contributed by atoms with E-state index in [0.717, 1.165) is 5.56 Å². The Morgan fingerprint density at radius 3 is 2.48 bits per heavy atom. The van der Waals surface area contributed by atoms with Crippen LogP contribution in [0.4, 0.5) is 4.79 Å². The van der Waals surface area contributed by atoms with Gasteiger partial charge in [0.05, 0.1) is 18.8 Å². The molecular weight excluding hydrogens is 270 g/mol. The minimum Gasteiger partial charge on any atom is -0.444 e. The smallest absolute Gasteiger partial charge is 0.408 e. The maximum Gasteiger partial charge on any atom is 0.408 e. The van der Waals surface area contributed by atoms with Crippen molar-refractivity contribution in [2.45, 2.75) is 38.5 Å². The highest BCUT2D eigenvalue weighted by Crippen LogP contribution is 2.08. The normalized spacial score (nSPS) is 14.7. The summed E-state index contributed by atoms with van der Waals surface area (Å²) in [6.07, 6.45) is 1.56. The van der Waals surface area contributed by atoms with Gasteiger partial charge in [-0.15, -0.1) is 0 Å². The molecule has 0 aliphatic carbocycles. The first-order valence-corrected chi connectivity index (χ1v) is 6.83. The first kappa shape index (κ1) is 17.2. The lowest BCUT2D eigenvalue weighted by atomic mass is 10.1. The zero-order valence-electron chi connectivity index (χ0n) is 12.6. The van der Waals surface area contributed by atoms with Crippen LogP contribution in [0.2, 0.25) is 0 Å². The largest absolute Gasteiger partial charge is 0.444 e. The summed E-state index contributed by atoms with van der Waals surface area (Å²) in [6.45, 7) is 4.84. The predicted octanol–water partition coefficient (Wildman–Crippen LogP) is 1.95. The van der Waals surface area contributed by atoms with Gasteiger partial charge in [0, 0.05) is 0 Å². The molecule has 0 saturated heterocycles. The van der Waals surface area contributed by atoms with E-state index in [2.05, 4.69) is 5.32 Å². The number of ether oxygens (including phenoxy) is 1. The molecule has 21 heavy (non-hydrogen) atoms. The van der Waals surface area contributed by atoms with Crippen molar-refractivity contribution in [1.29, 1.82) is 0 Å². The van der Waals surface area contributed by atoms with E-state index in [9.17, 15) is 15.0 Å². The van der Waals surface area contributed by atoms with Gasteiger partial charge in [-0.3, -0.25) is 0 Å². The lowest BCUT2D eigenvalue weighted by Gasteiger charge is -2.24. The maximum absolute atomic E-state index is 11.6. The Morgan fingerprint density at radius 1 is 1.33 bits per heavy atom. The quantitative estimate of drug-likeness (QED) is 0.775. The van der Waals surface area contributed by atoms with E-state index >= 15 is 0 Å². The molecule has 0 saturated carbocycles. The molecule has 3 N–H and O–H groups in total. The second kappa shape index (κ2) is 7.81. The highest BCUT2D eigenvalue weighted by atomic mass is 16.6. The Morgan fingerprint density at radius 2 is 1.95 bits per heavy atom. The summed E-state index contributed by atoms with van der Waals surface area (Å²) in [6, 6.07) is 8.62. The number of aliphatic hydroxyl groups excluding tert-OH is 2. The number of hydrogen-bond donors (Lipinski definition) is 3. The molecule has 1 aromatic carbocycles. The minimum absolute atomic E-state index is 0.389. The van der Waals surface area contributed by atoms with Crippen LogP contribution in [0.15, 0.2) is 36.4 Å². The lowest BCUT2D eigenvalue weighted by molar-refractivity contribution is 0.0406. The van der Waals surface area contributed by atoms with Crippen molar-refractivity contribution in [3.05, 3.63) is 42.0 Å². The van der Waals surface area contributed by atoms with Gasteiger partial charge in [0.1, 0.15) is 5.60 Å². The maximum atomic E-state index is 11.6. The standard InChI is InChI=1S/C16H23NO4/c1-16(2,3)21-15(20)17-13(11-18)14(19)10-9-12-7-5-4-6-8-12/h4-10,13-14,18-19H,11H2,1-3H3,(H,17,20)/b10-9+/t13-,14-/m0/s1. The molecule has 0 unspecified atom stereocenters. The number of amides is 1.